The minimum atomic E-state index is -0.421. The van der Waals surface area contributed by atoms with E-state index in [1.54, 1.807) is 12.3 Å². The number of nitrogens with zero attached hydrogens (tertiary/aromatic N) is 1. The zero-order valence-electron chi connectivity index (χ0n) is 11.5. The zero-order valence-corrected chi connectivity index (χ0v) is 11.5. The summed E-state index contributed by atoms with van der Waals surface area (Å²) in [5.74, 6) is 0.198. The molecule has 1 amide bonds. The van der Waals surface area contributed by atoms with Gasteiger partial charge < -0.3 is 11.1 Å². The Hall–Kier alpha value is -1.58. The SMILES string of the molecule is CCCC(CCC)Nc1nccc(C)c1C(N)=O. The van der Waals surface area contributed by atoms with Crippen LogP contribution >= 0.6 is 0 Å². The normalized spacial score (nSPS) is 10.7. The Bertz CT molecular complexity index is 398. The van der Waals surface area contributed by atoms with Crippen LogP contribution in [-0.2, 0) is 0 Å². The number of hydrogen-bond acceptors (Lipinski definition) is 3. The molecule has 1 aromatic heterocycles. The van der Waals surface area contributed by atoms with Gasteiger partial charge in [-0.1, -0.05) is 26.7 Å². The molecule has 4 nitrogen and oxygen atoms in total. The van der Waals surface area contributed by atoms with Crippen molar-refractivity contribution < 1.29 is 4.79 Å². The minimum Gasteiger partial charge on any atom is -0.367 e. The Morgan fingerprint density at radius 1 is 1.39 bits per heavy atom. The zero-order chi connectivity index (χ0) is 13.5. The van der Waals surface area contributed by atoms with Crippen molar-refractivity contribution >= 4 is 11.7 Å². The van der Waals surface area contributed by atoms with Crippen molar-refractivity contribution in [2.24, 2.45) is 5.73 Å². The first kappa shape index (κ1) is 14.5. The Morgan fingerprint density at radius 2 is 2.00 bits per heavy atom. The number of nitrogens with two attached hydrogens (primary N) is 1. The smallest absolute Gasteiger partial charge is 0.252 e. The molecule has 0 unspecified atom stereocenters. The topological polar surface area (TPSA) is 68.0 Å². The van der Waals surface area contributed by atoms with E-state index in [1.165, 1.54) is 0 Å². The minimum absolute atomic E-state index is 0.354. The summed E-state index contributed by atoms with van der Waals surface area (Å²) in [6.45, 7) is 6.19. The van der Waals surface area contributed by atoms with Crippen molar-refractivity contribution in [3.8, 4) is 0 Å². The van der Waals surface area contributed by atoms with Crippen LogP contribution in [0.15, 0.2) is 12.3 Å². The molecule has 0 bridgehead atoms. The molecular weight excluding hydrogens is 226 g/mol. The highest BCUT2D eigenvalue weighted by Gasteiger charge is 2.15. The Kier molecular flexibility index (Phi) is 5.62. The fraction of sp³-hybridized carbons (Fsp3) is 0.571. The molecule has 1 rings (SSSR count). The molecule has 3 N–H and O–H groups in total. The average Bonchev–Trinajstić information content (AvgIpc) is 2.29. The summed E-state index contributed by atoms with van der Waals surface area (Å²) in [7, 11) is 0. The quantitative estimate of drug-likeness (QED) is 0.780. The van der Waals surface area contributed by atoms with Crippen LogP contribution in [0.4, 0.5) is 5.82 Å². The van der Waals surface area contributed by atoms with Gasteiger partial charge in [-0.25, -0.2) is 4.98 Å². The van der Waals surface area contributed by atoms with Crippen LogP contribution < -0.4 is 11.1 Å². The second-order valence-corrected chi connectivity index (χ2v) is 4.63. The third-order valence-electron chi connectivity index (χ3n) is 3.02. The number of amides is 1. The Morgan fingerprint density at radius 3 is 2.50 bits per heavy atom. The van der Waals surface area contributed by atoms with Crippen molar-refractivity contribution in [1.29, 1.82) is 0 Å². The van der Waals surface area contributed by atoms with Crippen molar-refractivity contribution in [1.82, 2.24) is 4.98 Å². The fourth-order valence-corrected chi connectivity index (χ4v) is 2.16. The van der Waals surface area contributed by atoms with Gasteiger partial charge >= 0.3 is 0 Å². The van der Waals surface area contributed by atoms with E-state index >= 15 is 0 Å². The number of hydrogen-bond donors (Lipinski definition) is 2. The fourth-order valence-electron chi connectivity index (χ4n) is 2.16. The summed E-state index contributed by atoms with van der Waals surface area (Å²) in [6.07, 6.45) is 6.06. The molecule has 100 valence electrons. The summed E-state index contributed by atoms with van der Waals surface area (Å²) in [5.41, 5.74) is 6.80. The van der Waals surface area contributed by atoms with E-state index < -0.39 is 5.91 Å². The molecule has 0 spiro atoms. The van der Waals surface area contributed by atoms with Gasteiger partial charge in [0.1, 0.15) is 5.82 Å². The van der Waals surface area contributed by atoms with Gasteiger partial charge in [-0.15, -0.1) is 0 Å². The molecule has 18 heavy (non-hydrogen) atoms. The van der Waals surface area contributed by atoms with Gasteiger partial charge in [-0.3, -0.25) is 4.79 Å². The molecule has 0 radical (unpaired) electrons. The van der Waals surface area contributed by atoms with E-state index in [9.17, 15) is 4.79 Å². The number of pyridine rings is 1. The first-order chi connectivity index (χ1) is 8.60. The summed E-state index contributed by atoms with van der Waals surface area (Å²) >= 11 is 0. The number of aromatic nitrogens is 1. The van der Waals surface area contributed by atoms with E-state index in [-0.39, 0.29) is 0 Å². The van der Waals surface area contributed by atoms with Crippen LogP contribution in [0.3, 0.4) is 0 Å². The Labute approximate surface area is 109 Å². The number of rotatable bonds is 7. The lowest BCUT2D eigenvalue weighted by Crippen LogP contribution is -2.24. The summed E-state index contributed by atoms with van der Waals surface area (Å²) < 4.78 is 0. The van der Waals surface area contributed by atoms with E-state index in [4.69, 9.17) is 5.73 Å². The highest BCUT2D eigenvalue weighted by molar-refractivity contribution is 5.99. The lowest BCUT2D eigenvalue weighted by molar-refractivity contribution is 0.1000. The largest absolute Gasteiger partial charge is 0.367 e. The molecule has 0 aromatic carbocycles. The van der Waals surface area contributed by atoms with Gasteiger partial charge in [-0.05, 0) is 31.4 Å². The van der Waals surface area contributed by atoms with Gasteiger partial charge in [0.05, 0.1) is 5.56 Å². The van der Waals surface area contributed by atoms with Gasteiger partial charge in [0.25, 0.3) is 5.91 Å². The van der Waals surface area contributed by atoms with E-state index in [0.29, 0.717) is 17.4 Å². The first-order valence-corrected chi connectivity index (χ1v) is 6.62. The molecule has 0 saturated heterocycles. The predicted molar refractivity (Wildman–Crippen MR) is 74.7 cm³/mol. The molecule has 0 atom stereocenters. The molecular formula is C14H23N3O. The molecule has 1 aromatic rings. The van der Waals surface area contributed by atoms with Crippen molar-refractivity contribution in [2.45, 2.75) is 52.5 Å². The standard InChI is InChI=1S/C14H23N3O/c1-4-6-11(7-5-2)17-14-12(13(15)18)10(3)8-9-16-14/h8-9,11H,4-7H2,1-3H3,(H2,15,18)(H,16,17). The number of carbonyl (C=O) groups excluding carboxylic acids is 1. The molecule has 4 heteroatoms. The second kappa shape index (κ2) is 6.99. The molecule has 0 aliphatic rings. The lowest BCUT2D eigenvalue weighted by atomic mass is 10.1. The van der Waals surface area contributed by atoms with Crippen LogP contribution in [0.2, 0.25) is 0 Å². The van der Waals surface area contributed by atoms with Crippen LogP contribution in [0, 0.1) is 6.92 Å². The maximum absolute atomic E-state index is 11.5. The number of primary amides is 1. The lowest BCUT2D eigenvalue weighted by Gasteiger charge is -2.20. The number of nitrogens with one attached hydrogen (secondary N) is 1. The predicted octanol–water partition coefficient (Wildman–Crippen LogP) is 2.87. The van der Waals surface area contributed by atoms with Gasteiger partial charge in [-0.2, -0.15) is 0 Å². The molecule has 0 saturated carbocycles. The number of carbonyl (C=O) groups is 1. The third-order valence-corrected chi connectivity index (χ3v) is 3.02. The summed E-state index contributed by atoms with van der Waals surface area (Å²) in [4.78, 5) is 15.7. The van der Waals surface area contributed by atoms with Crippen LogP contribution in [-0.4, -0.2) is 16.9 Å². The van der Waals surface area contributed by atoms with E-state index in [1.807, 2.05) is 6.92 Å². The van der Waals surface area contributed by atoms with Gasteiger partial charge in [0, 0.05) is 12.2 Å². The van der Waals surface area contributed by atoms with Crippen molar-refractivity contribution in [3.05, 3.63) is 23.4 Å². The highest BCUT2D eigenvalue weighted by Crippen LogP contribution is 2.19. The molecule has 0 aliphatic heterocycles. The monoisotopic (exact) mass is 249 g/mol. The maximum atomic E-state index is 11.5. The third kappa shape index (κ3) is 3.72. The van der Waals surface area contributed by atoms with Crippen LogP contribution in [0.25, 0.3) is 0 Å². The average molecular weight is 249 g/mol. The molecule has 1 heterocycles. The summed E-state index contributed by atoms with van der Waals surface area (Å²) in [6, 6.07) is 2.16. The van der Waals surface area contributed by atoms with E-state index in [2.05, 4.69) is 24.1 Å². The second-order valence-electron chi connectivity index (χ2n) is 4.63. The van der Waals surface area contributed by atoms with Crippen LogP contribution in [0.5, 0.6) is 0 Å². The number of aryl methyl sites for hydroxylation is 1. The molecule has 0 fully saturated rings. The van der Waals surface area contributed by atoms with Crippen molar-refractivity contribution in [2.75, 3.05) is 5.32 Å². The van der Waals surface area contributed by atoms with Gasteiger partial charge in [0.15, 0.2) is 0 Å². The summed E-state index contributed by atoms with van der Waals surface area (Å²) in [5, 5.41) is 3.36. The van der Waals surface area contributed by atoms with Crippen molar-refractivity contribution in [3.63, 3.8) is 0 Å². The van der Waals surface area contributed by atoms with Gasteiger partial charge in [0.2, 0.25) is 0 Å². The Balaban J connectivity index is 2.94. The first-order valence-electron chi connectivity index (χ1n) is 6.62. The van der Waals surface area contributed by atoms with E-state index in [0.717, 1.165) is 31.2 Å². The highest BCUT2D eigenvalue weighted by atomic mass is 16.1. The van der Waals surface area contributed by atoms with Crippen LogP contribution in [0.1, 0.15) is 55.5 Å². The number of anilines is 1. The molecule has 0 aliphatic carbocycles. The maximum Gasteiger partial charge on any atom is 0.252 e.